The number of carbonyl (C=O) groups is 1. The Labute approximate surface area is 120 Å². The molecule has 1 aromatic heterocycles. The monoisotopic (exact) mass is 312 g/mol. The number of carboxylic acids is 1. The third-order valence-electron chi connectivity index (χ3n) is 2.96. The Kier molecular flexibility index (Phi) is 4.10. The average Bonchev–Trinajstić information content (AvgIpc) is 2.82. The van der Waals surface area contributed by atoms with Crippen LogP contribution in [0.4, 0.5) is 4.39 Å². The fraction of sp³-hybridized carbons (Fsp3) is 0.154. The number of hydrogen-bond acceptors (Lipinski definition) is 3. The van der Waals surface area contributed by atoms with Crippen LogP contribution >= 0.6 is 0 Å². The Bertz CT molecular complexity index is 783. The van der Waals surface area contributed by atoms with Crippen LogP contribution in [0.3, 0.4) is 0 Å². The van der Waals surface area contributed by atoms with E-state index in [2.05, 4.69) is 4.72 Å². The number of benzene rings is 1. The molecule has 0 aliphatic heterocycles. The summed E-state index contributed by atoms with van der Waals surface area (Å²) in [5.74, 6) is -2.33. The lowest BCUT2D eigenvalue weighted by atomic mass is 10.2. The summed E-state index contributed by atoms with van der Waals surface area (Å²) in [5, 5.41) is 8.84. The van der Waals surface area contributed by atoms with Gasteiger partial charge in [-0.2, -0.15) is 0 Å². The molecule has 2 rings (SSSR count). The van der Waals surface area contributed by atoms with Crippen molar-refractivity contribution in [2.45, 2.75) is 11.4 Å². The van der Waals surface area contributed by atoms with E-state index in [1.165, 1.54) is 0 Å². The predicted octanol–water partition coefficient (Wildman–Crippen LogP) is 1.34. The summed E-state index contributed by atoms with van der Waals surface area (Å²) in [6.45, 7) is -0.0252. The number of nitrogens with zero attached hydrogens (tertiary/aromatic N) is 1. The fourth-order valence-corrected chi connectivity index (χ4v) is 2.87. The molecule has 1 aromatic carbocycles. The zero-order chi connectivity index (χ0) is 15.6. The van der Waals surface area contributed by atoms with E-state index in [1.54, 1.807) is 29.9 Å². The molecule has 6 nitrogen and oxygen atoms in total. The molecule has 0 spiro atoms. The van der Waals surface area contributed by atoms with Gasteiger partial charge in [0.1, 0.15) is 10.7 Å². The van der Waals surface area contributed by atoms with Crippen molar-refractivity contribution < 1.29 is 22.7 Å². The van der Waals surface area contributed by atoms with Crippen LogP contribution in [-0.4, -0.2) is 24.1 Å². The van der Waals surface area contributed by atoms with Gasteiger partial charge in [-0.25, -0.2) is 22.3 Å². The van der Waals surface area contributed by atoms with E-state index in [0.717, 1.165) is 18.2 Å². The largest absolute Gasteiger partial charge is 0.478 e. The van der Waals surface area contributed by atoms with Crippen LogP contribution in [0, 0.1) is 5.82 Å². The van der Waals surface area contributed by atoms with Crippen LogP contribution < -0.4 is 4.72 Å². The lowest BCUT2D eigenvalue weighted by molar-refractivity contribution is 0.0696. The molecule has 0 saturated carbocycles. The quantitative estimate of drug-likeness (QED) is 0.872. The van der Waals surface area contributed by atoms with E-state index >= 15 is 0 Å². The molecule has 0 unspecified atom stereocenters. The number of halogens is 1. The van der Waals surface area contributed by atoms with Gasteiger partial charge in [0.25, 0.3) is 0 Å². The first kappa shape index (κ1) is 15.2. The lowest BCUT2D eigenvalue weighted by Crippen LogP contribution is -2.25. The molecule has 112 valence electrons. The van der Waals surface area contributed by atoms with Gasteiger partial charge in [0, 0.05) is 18.9 Å². The Morgan fingerprint density at radius 2 is 2.10 bits per heavy atom. The molecule has 0 aliphatic carbocycles. The molecule has 0 aliphatic rings. The number of aryl methyl sites for hydroxylation is 1. The predicted molar refractivity (Wildman–Crippen MR) is 72.8 cm³/mol. The summed E-state index contributed by atoms with van der Waals surface area (Å²) in [5.41, 5.74) is 0.393. The molecule has 2 N–H and O–H groups in total. The van der Waals surface area contributed by atoms with E-state index in [4.69, 9.17) is 5.11 Å². The minimum absolute atomic E-state index is 0.0252. The van der Waals surface area contributed by atoms with Gasteiger partial charge in [-0.15, -0.1) is 0 Å². The first-order valence-electron chi connectivity index (χ1n) is 5.94. The topological polar surface area (TPSA) is 88.4 Å². The number of aromatic carboxylic acids is 1. The molecule has 0 atom stereocenters. The van der Waals surface area contributed by atoms with Gasteiger partial charge < -0.3 is 9.67 Å². The van der Waals surface area contributed by atoms with Crippen molar-refractivity contribution in [3.8, 4) is 0 Å². The van der Waals surface area contributed by atoms with Crippen molar-refractivity contribution in [1.82, 2.24) is 9.29 Å². The molecule has 0 bridgehead atoms. The third-order valence-corrected chi connectivity index (χ3v) is 4.38. The van der Waals surface area contributed by atoms with E-state index in [1.807, 2.05) is 0 Å². The summed E-state index contributed by atoms with van der Waals surface area (Å²) < 4.78 is 41.8. The summed E-state index contributed by atoms with van der Waals surface area (Å²) >= 11 is 0. The fourth-order valence-electron chi connectivity index (χ4n) is 1.77. The lowest BCUT2D eigenvalue weighted by Gasteiger charge is -2.09. The van der Waals surface area contributed by atoms with E-state index in [9.17, 15) is 17.6 Å². The summed E-state index contributed by atoms with van der Waals surface area (Å²) in [7, 11) is -2.40. The molecule has 2 aromatic rings. The number of aromatic nitrogens is 1. The third kappa shape index (κ3) is 3.29. The molecule has 1 heterocycles. The molecule has 0 saturated heterocycles. The van der Waals surface area contributed by atoms with Crippen molar-refractivity contribution in [2.75, 3.05) is 0 Å². The Hall–Kier alpha value is -2.19. The zero-order valence-electron chi connectivity index (χ0n) is 11.1. The van der Waals surface area contributed by atoms with Crippen LogP contribution in [0.2, 0.25) is 0 Å². The molecule has 0 radical (unpaired) electrons. The Morgan fingerprint density at radius 3 is 2.67 bits per heavy atom. The number of rotatable bonds is 5. The van der Waals surface area contributed by atoms with Gasteiger partial charge in [0.05, 0.1) is 12.1 Å². The average molecular weight is 312 g/mol. The van der Waals surface area contributed by atoms with Gasteiger partial charge in [0.15, 0.2) is 0 Å². The normalized spacial score (nSPS) is 11.5. The second-order valence-electron chi connectivity index (χ2n) is 4.39. The minimum Gasteiger partial charge on any atom is -0.478 e. The molecule has 21 heavy (non-hydrogen) atoms. The van der Waals surface area contributed by atoms with E-state index in [-0.39, 0.29) is 12.1 Å². The first-order chi connectivity index (χ1) is 9.81. The molecular formula is C13H13FN2O4S. The van der Waals surface area contributed by atoms with Crippen LogP contribution in [0.1, 0.15) is 16.1 Å². The van der Waals surface area contributed by atoms with Crippen molar-refractivity contribution in [3.05, 3.63) is 53.6 Å². The SMILES string of the molecule is Cn1cccc1CNS(=O)(=O)c1cc(C(=O)O)ccc1F. The maximum absolute atomic E-state index is 13.7. The summed E-state index contributed by atoms with van der Waals surface area (Å²) in [6.07, 6.45) is 1.75. The second-order valence-corrected chi connectivity index (χ2v) is 6.12. The molecule has 0 fully saturated rings. The zero-order valence-corrected chi connectivity index (χ0v) is 11.9. The van der Waals surface area contributed by atoms with Crippen LogP contribution in [0.15, 0.2) is 41.4 Å². The van der Waals surface area contributed by atoms with Gasteiger partial charge in [-0.05, 0) is 30.3 Å². The van der Waals surface area contributed by atoms with Gasteiger partial charge >= 0.3 is 5.97 Å². The maximum atomic E-state index is 13.7. The van der Waals surface area contributed by atoms with Gasteiger partial charge in [-0.3, -0.25) is 0 Å². The number of carboxylic acid groups (broad SMARTS) is 1. The summed E-state index contributed by atoms with van der Waals surface area (Å²) in [6, 6.07) is 6.08. The minimum atomic E-state index is -4.14. The van der Waals surface area contributed by atoms with E-state index in [0.29, 0.717) is 5.69 Å². The molecule has 8 heteroatoms. The van der Waals surface area contributed by atoms with Crippen LogP contribution in [-0.2, 0) is 23.6 Å². The smallest absolute Gasteiger partial charge is 0.335 e. The highest BCUT2D eigenvalue weighted by atomic mass is 32.2. The second kappa shape index (κ2) is 5.66. The van der Waals surface area contributed by atoms with Crippen molar-refractivity contribution in [1.29, 1.82) is 0 Å². The first-order valence-corrected chi connectivity index (χ1v) is 7.42. The van der Waals surface area contributed by atoms with Crippen molar-refractivity contribution in [3.63, 3.8) is 0 Å². The molecule has 0 amide bonds. The molecular weight excluding hydrogens is 299 g/mol. The Balaban J connectivity index is 2.29. The van der Waals surface area contributed by atoms with E-state index < -0.39 is 26.7 Å². The van der Waals surface area contributed by atoms with Crippen LogP contribution in [0.25, 0.3) is 0 Å². The number of hydrogen-bond donors (Lipinski definition) is 2. The Morgan fingerprint density at radius 1 is 1.38 bits per heavy atom. The standard InChI is InChI=1S/C13H13FN2O4S/c1-16-6-2-3-10(16)8-15-21(19,20)12-7-9(13(17)18)4-5-11(12)14/h2-7,15H,8H2,1H3,(H,17,18). The number of sulfonamides is 1. The highest BCUT2D eigenvalue weighted by Crippen LogP contribution is 2.17. The number of nitrogens with one attached hydrogen (secondary N) is 1. The van der Waals surface area contributed by atoms with Gasteiger partial charge in [0.2, 0.25) is 10.0 Å². The highest BCUT2D eigenvalue weighted by Gasteiger charge is 2.21. The highest BCUT2D eigenvalue weighted by molar-refractivity contribution is 7.89. The van der Waals surface area contributed by atoms with Crippen molar-refractivity contribution in [2.24, 2.45) is 7.05 Å². The van der Waals surface area contributed by atoms with Gasteiger partial charge in [-0.1, -0.05) is 0 Å². The van der Waals surface area contributed by atoms with Crippen LogP contribution in [0.5, 0.6) is 0 Å². The maximum Gasteiger partial charge on any atom is 0.335 e. The van der Waals surface area contributed by atoms with Crippen molar-refractivity contribution >= 4 is 16.0 Å². The summed E-state index contributed by atoms with van der Waals surface area (Å²) in [4.78, 5) is 10.2.